The van der Waals surface area contributed by atoms with Crippen molar-refractivity contribution in [2.24, 2.45) is 5.92 Å². The number of aryl methyl sites for hydroxylation is 1. The van der Waals surface area contributed by atoms with Gasteiger partial charge in [0.1, 0.15) is 5.78 Å². The Morgan fingerprint density at radius 1 is 1.16 bits per heavy atom. The lowest BCUT2D eigenvalue weighted by molar-refractivity contribution is -0.121. The van der Waals surface area contributed by atoms with Crippen molar-refractivity contribution in [3.63, 3.8) is 0 Å². The number of hydrogen-bond acceptors (Lipinski definition) is 6. The maximum absolute atomic E-state index is 14.6. The SMILES string of the molecule is CCC(C)C(=O)Cc1cc(C(=O)NCCC(O)CN2CCN(c3cccc(OC)c3F)CC2)ccc1C. The maximum atomic E-state index is 14.6. The topological polar surface area (TPSA) is 82.1 Å². The van der Waals surface area contributed by atoms with E-state index in [0.29, 0.717) is 63.4 Å². The number of nitrogens with one attached hydrogen (secondary N) is 1. The van der Waals surface area contributed by atoms with Crippen LogP contribution in [0.1, 0.15) is 48.2 Å². The summed E-state index contributed by atoms with van der Waals surface area (Å²) in [6.07, 6.45) is 0.985. The first-order valence-electron chi connectivity index (χ1n) is 13.1. The molecule has 7 nitrogen and oxygen atoms in total. The number of methoxy groups -OCH3 is 1. The molecular weight excluding hydrogens is 473 g/mol. The second-order valence-corrected chi connectivity index (χ2v) is 9.87. The third-order valence-electron chi connectivity index (χ3n) is 7.25. The molecule has 2 aromatic carbocycles. The van der Waals surface area contributed by atoms with Crippen LogP contribution in [0.25, 0.3) is 0 Å². The van der Waals surface area contributed by atoms with E-state index in [0.717, 1.165) is 17.5 Å². The van der Waals surface area contributed by atoms with E-state index in [1.807, 2.05) is 31.7 Å². The number of piperazine rings is 1. The molecule has 0 bridgehead atoms. The third kappa shape index (κ3) is 7.76. The zero-order chi connectivity index (χ0) is 26.9. The highest BCUT2D eigenvalue weighted by molar-refractivity contribution is 5.95. The molecular formula is C29H40FN3O4. The predicted octanol–water partition coefficient (Wildman–Crippen LogP) is 3.60. The number of aliphatic hydroxyl groups excluding tert-OH is 1. The predicted molar refractivity (Wildman–Crippen MR) is 144 cm³/mol. The van der Waals surface area contributed by atoms with Gasteiger partial charge < -0.3 is 20.1 Å². The van der Waals surface area contributed by atoms with Crippen LogP contribution in [0.5, 0.6) is 5.75 Å². The molecule has 2 unspecified atom stereocenters. The summed E-state index contributed by atoms with van der Waals surface area (Å²) in [6, 6.07) is 10.6. The number of aliphatic hydroxyl groups is 1. The fourth-order valence-electron chi connectivity index (χ4n) is 4.51. The minimum atomic E-state index is -0.581. The van der Waals surface area contributed by atoms with E-state index in [4.69, 9.17) is 4.74 Å². The highest BCUT2D eigenvalue weighted by atomic mass is 19.1. The molecule has 37 heavy (non-hydrogen) atoms. The highest BCUT2D eigenvalue weighted by Gasteiger charge is 2.22. The van der Waals surface area contributed by atoms with Crippen LogP contribution in [0.3, 0.4) is 0 Å². The van der Waals surface area contributed by atoms with Crippen molar-refractivity contribution in [2.75, 3.05) is 51.3 Å². The van der Waals surface area contributed by atoms with Gasteiger partial charge in [-0.15, -0.1) is 0 Å². The molecule has 1 amide bonds. The molecule has 1 saturated heterocycles. The van der Waals surface area contributed by atoms with E-state index in [1.54, 1.807) is 30.3 Å². The Hall–Kier alpha value is -2.97. The molecule has 0 saturated carbocycles. The molecule has 0 aromatic heterocycles. The van der Waals surface area contributed by atoms with Crippen LogP contribution in [0.2, 0.25) is 0 Å². The van der Waals surface area contributed by atoms with Gasteiger partial charge in [-0.05, 0) is 55.2 Å². The van der Waals surface area contributed by atoms with Crippen LogP contribution in [-0.4, -0.2) is 74.2 Å². The number of ketones is 1. The van der Waals surface area contributed by atoms with Gasteiger partial charge in [-0.2, -0.15) is 0 Å². The Morgan fingerprint density at radius 2 is 1.89 bits per heavy atom. The Bertz CT molecular complexity index is 1070. The van der Waals surface area contributed by atoms with E-state index in [2.05, 4.69) is 10.2 Å². The van der Waals surface area contributed by atoms with Gasteiger partial charge >= 0.3 is 0 Å². The third-order valence-corrected chi connectivity index (χ3v) is 7.25. The number of amides is 1. The summed E-state index contributed by atoms with van der Waals surface area (Å²) in [5, 5.41) is 13.4. The number of β-amino-alcohol motifs (C(OH)–C–C–N with tert-alkyl or cyclic N) is 1. The summed E-state index contributed by atoms with van der Waals surface area (Å²) in [5.74, 6) is -0.139. The summed E-state index contributed by atoms with van der Waals surface area (Å²) < 4.78 is 19.6. The average Bonchev–Trinajstić information content (AvgIpc) is 2.90. The van der Waals surface area contributed by atoms with Crippen molar-refractivity contribution in [3.8, 4) is 5.75 Å². The summed E-state index contributed by atoms with van der Waals surface area (Å²) in [7, 11) is 1.46. The van der Waals surface area contributed by atoms with Gasteiger partial charge in [0.05, 0.1) is 18.9 Å². The lowest BCUT2D eigenvalue weighted by Gasteiger charge is -2.37. The van der Waals surface area contributed by atoms with Gasteiger partial charge in [0.2, 0.25) is 0 Å². The molecule has 202 valence electrons. The zero-order valence-electron chi connectivity index (χ0n) is 22.4. The molecule has 1 fully saturated rings. The maximum Gasteiger partial charge on any atom is 0.251 e. The fraction of sp³-hybridized carbons (Fsp3) is 0.517. The summed E-state index contributed by atoms with van der Waals surface area (Å²) >= 11 is 0. The van der Waals surface area contributed by atoms with Gasteiger partial charge in [-0.1, -0.05) is 26.0 Å². The number of ether oxygens (including phenoxy) is 1. The first kappa shape index (κ1) is 28.6. The number of Topliss-reactive ketones (excluding diaryl/α,β-unsaturated/α-hetero) is 1. The molecule has 1 aliphatic heterocycles. The molecule has 2 aromatic rings. The minimum Gasteiger partial charge on any atom is -0.494 e. The molecule has 1 heterocycles. The smallest absolute Gasteiger partial charge is 0.251 e. The fourth-order valence-corrected chi connectivity index (χ4v) is 4.51. The van der Waals surface area contributed by atoms with Crippen LogP contribution in [0.4, 0.5) is 10.1 Å². The molecule has 1 aliphatic rings. The highest BCUT2D eigenvalue weighted by Crippen LogP contribution is 2.28. The number of hydrogen-bond donors (Lipinski definition) is 2. The largest absolute Gasteiger partial charge is 0.494 e. The molecule has 2 atom stereocenters. The van der Waals surface area contributed by atoms with Crippen molar-refractivity contribution in [1.29, 1.82) is 0 Å². The number of benzene rings is 2. The van der Waals surface area contributed by atoms with E-state index in [9.17, 15) is 19.1 Å². The molecule has 0 spiro atoms. The van der Waals surface area contributed by atoms with Gasteiger partial charge in [0.15, 0.2) is 11.6 Å². The number of rotatable bonds is 12. The normalized spacial score (nSPS) is 15.8. The molecule has 0 aliphatic carbocycles. The minimum absolute atomic E-state index is 0.00404. The van der Waals surface area contributed by atoms with Crippen LogP contribution < -0.4 is 15.0 Å². The molecule has 3 rings (SSSR count). The Balaban J connectivity index is 1.43. The van der Waals surface area contributed by atoms with Crippen molar-refractivity contribution < 1.29 is 23.8 Å². The van der Waals surface area contributed by atoms with Crippen molar-refractivity contribution in [3.05, 3.63) is 58.9 Å². The second-order valence-electron chi connectivity index (χ2n) is 9.87. The van der Waals surface area contributed by atoms with Crippen molar-refractivity contribution in [2.45, 2.75) is 46.1 Å². The Kier molecular flexibility index (Phi) is 10.5. The van der Waals surface area contributed by atoms with Crippen molar-refractivity contribution in [1.82, 2.24) is 10.2 Å². The Morgan fingerprint density at radius 3 is 2.57 bits per heavy atom. The quantitative estimate of drug-likeness (QED) is 0.451. The number of carbonyl (C=O) groups is 2. The van der Waals surface area contributed by atoms with Crippen LogP contribution in [0, 0.1) is 18.7 Å². The second kappa shape index (κ2) is 13.5. The lowest BCUT2D eigenvalue weighted by atomic mass is 9.94. The van der Waals surface area contributed by atoms with E-state index < -0.39 is 6.10 Å². The van der Waals surface area contributed by atoms with Gasteiger partial charge in [0, 0.05) is 57.2 Å². The average molecular weight is 514 g/mol. The molecule has 2 N–H and O–H groups in total. The molecule has 8 heteroatoms. The zero-order valence-corrected chi connectivity index (χ0v) is 22.4. The number of halogens is 1. The number of nitrogens with zero attached hydrogens (tertiary/aromatic N) is 2. The number of anilines is 1. The van der Waals surface area contributed by atoms with Crippen LogP contribution in [0.15, 0.2) is 36.4 Å². The Labute approximate surface area is 219 Å². The van der Waals surface area contributed by atoms with Crippen molar-refractivity contribution >= 4 is 17.4 Å². The monoisotopic (exact) mass is 513 g/mol. The summed E-state index contributed by atoms with van der Waals surface area (Å²) in [5.41, 5.74) is 2.93. The first-order valence-corrected chi connectivity index (χ1v) is 13.1. The standard InChI is InChI=1S/C29H40FN3O4/c1-5-20(2)26(35)18-23-17-22(10-9-21(23)3)29(36)31-12-11-24(34)19-32-13-15-33(16-14-32)25-7-6-8-27(37-4)28(25)30/h6-10,17,20,24,34H,5,11-16,18-19H2,1-4H3,(H,31,36). The van der Waals surface area contributed by atoms with E-state index in [-0.39, 0.29) is 29.2 Å². The van der Waals surface area contributed by atoms with E-state index in [1.165, 1.54) is 7.11 Å². The van der Waals surface area contributed by atoms with Gasteiger partial charge in [-0.3, -0.25) is 14.5 Å². The van der Waals surface area contributed by atoms with E-state index >= 15 is 0 Å². The van der Waals surface area contributed by atoms with Crippen LogP contribution >= 0.6 is 0 Å². The van der Waals surface area contributed by atoms with Gasteiger partial charge in [-0.25, -0.2) is 4.39 Å². The summed E-state index contributed by atoms with van der Waals surface area (Å²) in [4.78, 5) is 29.2. The summed E-state index contributed by atoms with van der Waals surface area (Å²) in [6.45, 7) is 9.46. The lowest BCUT2D eigenvalue weighted by Crippen LogP contribution is -2.49. The first-order chi connectivity index (χ1) is 17.7. The number of carbonyl (C=O) groups excluding carboxylic acids is 2. The van der Waals surface area contributed by atoms with Gasteiger partial charge in [0.25, 0.3) is 5.91 Å². The molecule has 0 radical (unpaired) electrons. The van der Waals surface area contributed by atoms with Crippen LogP contribution in [-0.2, 0) is 11.2 Å².